The number of fused-ring (bicyclic) bond motifs is 1. The second kappa shape index (κ2) is 6.26. The SMILES string of the molecule is Cc1c([C@H]2CNC[C@@H]2C(=O)N2CCc3cccc(F)c3C2)cnn1C. The molecule has 1 aromatic heterocycles. The van der Waals surface area contributed by atoms with Crippen molar-refractivity contribution in [3.05, 3.63) is 52.6 Å². The molecule has 2 aliphatic rings. The molecule has 0 unspecified atom stereocenters. The number of hydrogen-bond donors (Lipinski definition) is 1. The molecule has 1 amide bonds. The number of rotatable bonds is 2. The molecule has 132 valence electrons. The Bertz CT molecular complexity index is 816. The summed E-state index contributed by atoms with van der Waals surface area (Å²) >= 11 is 0. The predicted molar refractivity (Wildman–Crippen MR) is 92.6 cm³/mol. The van der Waals surface area contributed by atoms with Crippen molar-refractivity contribution >= 4 is 5.91 Å². The van der Waals surface area contributed by atoms with Crippen LogP contribution in [0.15, 0.2) is 24.4 Å². The first-order valence-corrected chi connectivity index (χ1v) is 8.80. The smallest absolute Gasteiger partial charge is 0.227 e. The van der Waals surface area contributed by atoms with Gasteiger partial charge in [0.05, 0.1) is 12.1 Å². The Morgan fingerprint density at radius 2 is 2.20 bits per heavy atom. The first kappa shape index (κ1) is 16.3. The largest absolute Gasteiger partial charge is 0.338 e. The molecule has 0 saturated carbocycles. The van der Waals surface area contributed by atoms with Crippen LogP contribution in [0.2, 0.25) is 0 Å². The summed E-state index contributed by atoms with van der Waals surface area (Å²) < 4.78 is 16.0. The lowest BCUT2D eigenvalue weighted by molar-refractivity contribution is -0.136. The van der Waals surface area contributed by atoms with Crippen LogP contribution in [-0.2, 0) is 24.8 Å². The van der Waals surface area contributed by atoms with Gasteiger partial charge in [-0.15, -0.1) is 0 Å². The molecule has 25 heavy (non-hydrogen) atoms. The Labute approximate surface area is 146 Å². The van der Waals surface area contributed by atoms with Crippen molar-refractivity contribution in [3.63, 3.8) is 0 Å². The highest BCUT2D eigenvalue weighted by Gasteiger charge is 2.38. The minimum Gasteiger partial charge on any atom is -0.338 e. The van der Waals surface area contributed by atoms with E-state index in [1.54, 1.807) is 6.07 Å². The zero-order valence-corrected chi connectivity index (χ0v) is 14.6. The first-order chi connectivity index (χ1) is 12.1. The number of halogens is 1. The molecule has 0 radical (unpaired) electrons. The Kier molecular flexibility index (Phi) is 4.07. The van der Waals surface area contributed by atoms with E-state index in [4.69, 9.17) is 0 Å². The molecular weight excluding hydrogens is 319 g/mol. The van der Waals surface area contributed by atoms with Crippen molar-refractivity contribution in [3.8, 4) is 0 Å². The average molecular weight is 342 g/mol. The van der Waals surface area contributed by atoms with Gasteiger partial charge in [0.2, 0.25) is 5.91 Å². The van der Waals surface area contributed by atoms with Crippen molar-refractivity contribution in [1.82, 2.24) is 20.0 Å². The molecule has 0 aliphatic carbocycles. The predicted octanol–water partition coefficient (Wildman–Crippen LogP) is 1.76. The van der Waals surface area contributed by atoms with Gasteiger partial charge in [0.1, 0.15) is 5.82 Å². The highest BCUT2D eigenvalue weighted by molar-refractivity contribution is 5.81. The van der Waals surface area contributed by atoms with Crippen LogP contribution in [0, 0.1) is 18.7 Å². The maximum absolute atomic E-state index is 14.1. The summed E-state index contributed by atoms with van der Waals surface area (Å²) in [6.07, 6.45) is 2.59. The highest BCUT2D eigenvalue weighted by atomic mass is 19.1. The van der Waals surface area contributed by atoms with Crippen molar-refractivity contribution in [2.75, 3.05) is 19.6 Å². The molecule has 6 heteroatoms. The number of hydrogen-bond acceptors (Lipinski definition) is 3. The van der Waals surface area contributed by atoms with Gasteiger partial charge in [-0.25, -0.2) is 4.39 Å². The molecule has 0 spiro atoms. The lowest BCUT2D eigenvalue weighted by Gasteiger charge is -2.32. The van der Waals surface area contributed by atoms with Crippen LogP contribution in [0.25, 0.3) is 0 Å². The number of aromatic nitrogens is 2. The summed E-state index contributed by atoms with van der Waals surface area (Å²) in [5, 5.41) is 7.67. The van der Waals surface area contributed by atoms with E-state index in [-0.39, 0.29) is 23.6 Å². The maximum Gasteiger partial charge on any atom is 0.227 e. The monoisotopic (exact) mass is 342 g/mol. The van der Waals surface area contributed by atoms with Gasteiger partial charge in [-0.3, -0.25) is 9.48 Å². The third-order valence-corrected chi connectivity index (χ3v) is 5.73. The van der Waals surface area contributed by atoms with Gasteiger partial charge < -0.3 is 10.2 Å². The Balaban J connectivity index is 1.56. The van der Waals surface area contributed by atoms with Gasteiger partial charge in [0.15, 0.2) is 0 Å². The van der Waals surface area contributed by atoms with E-state index in [0.717, 1.165) is 29.8 Å². The summed E-state index contributed by atoms with van der Waals surface area (Å²) in [7, 11) is 1.92. The quantitative estimate of drug-likeness (QED) is 0.905. The number of benzene rings is 1. The van der Waals surface area contributed by atoms with Gasteiger partial charge in [-0.05, 0) is 30.5 Å². The third kappa shape index (κ3) is 2.74. The number of carbonyl (C=O) groups is 1. The lowest BCUT2D eigenvalue weighted by atomic mass is 9.87. The lowest BCUT2D eigenvalue weighted by Crippen LogP contribution is -2.42. The molecular formula is C19H23FN4O. The summed E-state index contributed by atoms with van der Waals surface area (Å²) in [6.45, 7) is 4.51. The minimum atomic E-state index is -0.209. The van der Waals surface area contributed by atoms with Crippen LogP contribution >= 0.6 is 0 Å². The molecule has 2 atom stereocenters. The van der Waals surface area contributed by atoms with Crippen LogP contribution in [0.1, 0.15) is 28.3 Å². The van der Waals surface area contributed by atoms with Gasteiger partial charge in [-0.1, -0.05) is 12.1 Å². The van der Waals surface area contributed by atoms with Crippen LogP contribution in [0.3, 0.4) is 0 Å². The summed E-state index contributed by atoms with van der Waals surface area (Å²) in [5.41, 5.74) is 3.92. The summed E-state index contributed by atoms with van der Waals surface area (Å²) in [4.78, 5) is 15.0. The van der Waals surface area contributed by atoms with Crippen molar-refractivity contribution in [2.45, 2.75) is 25.8 Å². The van der Waals surface area contributed by atoms with Crippen molar-refractivity contribution in [1.29, 1.82) is 0 Å². The van der Waals surface area contributed by atoms with E-state index >= 15 is 0 Å². The molecule has 5 nitrogen and oxygen atoms in total. The highest BCUT2D eigenvalue weighted by Crippen LogP contribution is 2.33. The normalized spacial score (nSPS) is 22.9. The first-order valence-electron chi connectivity index (χ1n) is 8.80. The number of carbonyl (C=O) groups excluding carboxylic acids is 1. The van der Waals surface area contributed by atoms with Gasteiger partial charge in [-0.2, -0.15) is 5.10 Å². The average Bonchev–Trinajstić information content (AvgIpc) is 3.22. The van der Waals surface area contributed by atoms with E-state index < -0.39 is 0 Å². The van der Waals surface area contributed by atoms with E-state index in [2.05, 4.69) is 10.4 Å². The molecule has 1 N–H and O–H groups in total. The molecule has 4 rings (SSSR count). The molecule has 2 aliphatic heterocycles. The van der Waals surface area contributed by atoms with Crippen LogP contribution < -0.4 is 5.32 Å². The van der Waals surface area contributed by atoms with Crippen LogP contribution in [0.4, 0.5) is 4.39 Å². The van der Waals surface area contributed by atoms with Crippen molar-refractivity contribution in [2.24, 2.45) is 13.0 Å². The zero-order chi connectivity index (χ0) is 17.6. The van der Waals surface area contributed by atoms with Gasteiger partial charge >= 0.3 is 0 Å². The number of aryl methyl sites for hydroxylation is 1. The molecule has 1 fully saturated rings. The number of nitrogens with one attached hydrogen (secondary N) is 1. The van der Waals surface area contributed by atoms with E-state index in [0.29, 0.717) is 25.2 Å². The Morgan fingerprint density at radius 3 is 2.96 bits per heavy atom. The molecule has 1 saturated heterocycles. The number of amides is 1. The van der Waals surface area contributed by atoms with E-state index in [1.807, 2.05) is 35.8 Å². The second-order valence-corrected chi connectivity index (χ2v) is 7.07. The maximum atomic E-state index is 14.1. The minimum absolute atomic E-state index is 0.115. The molecule has 2 aromatic rings. The van der Waals surface area contributed by atoms with Crippen molar-refractivity contribution < 1.29 is 9.18 Å². The second-order valence-electron chi connectivity index (χ2n) is 7.07. The summed E-state index contributed by atoms with van der Waals surface area (Å²) in [5.74, 6) is -0.0780. The number of nitrogens with zero attached hydrogens (tertiary/aromatic N) is 3. The molecule has 1 aromatic carbocycles. The van der Waals surface area contributed by atoms with Gasteiger partial charge in [0.25, 0.3) is 0 Å². The standard InChI is InChI=1S/C19H23FN4O/c1-12-14(10-22-23(12)2)15-8-21-9-16(15)19(25)24-7-6-13-4-3-5-18(20)17(13)11-24/h3-5,10,15-16,21H,6-9,11H2,1-2H3/t15-,16+/m1/s1. The zero-order valence-electron chi connectivity index (χ0n) is 14.6. The third-order valence-electron chi connectivity index (χ3n) is 5.73. The summed E-state index contributed by atoms with van der Waals surface area (Å²) in [6, 6.07) is 5.18. The fraction of sp³-hybridized carbons (Fsp3) is 0.474. The van der Waals surface area contributed by atoms with E-state index in [1.165, 1.54) is 6.07 Å². The fourth-order valence-electron chi connectivity index (χ4n) is 4.11. The van der Waals surface area contributed by atoms with E-state index in [9.17, 15) is 9.18 Å². The Hall–Kier alpha value is -2.21. The van der Waals surface area contributed by atoms with Crippen LogP contribution in [0.5, 0.6) is 0 Å². The molecule has 0 bridgehead atoms. The Morgan fingerprint density at radius 1 is 1.36 bits per heavy atom. The van der Waals surface area contributed by atoms with Crippen LogP contribution in [-0.4, -0.2) is 40.2 Å². The van der Waals surface area contributed by atoms with Gasteiger partial charge in [0, 0.05) is 50.4 Å². The fourth-order valence-corrected chi connectivity index (χ4v) is 4.11. The topological polar surface area (TPSA) is 50.2 Å². The molecule has 3 heterocycles.